The highest BCUT2D eigenvalue weighted by Crippen LogP contribution is 2.37. The van der Waals surface area contributed by atoms with Crippen molar-refractivity contribution in [3.8, 4) is 0 Å². The molecule has 0 N–H and O–H groups in total. The zero-order chi connectivity index (χ0) is 19.5. The molecular weight excluding hydrogens is 333 g/mol. The van der Waals surface area contributed by atoms with Gasteiger partial charge in [0.05, 0.1) is 29.5 Å². The molecule has 8 heteroatoms. The third kappa shape index (κ3) is 3.36. The van der Waals surface area contributed by atoms with Gasteiger partial charge in [-0.25, -0.2) is 4.79 Å². The summed E-state index contributed by atoms with van der Waals surface area (Å²) in [5, 5.41) is 4.52. The quantitative estimate of drug-likeness (QED) is 0.718. The van der Waals surface area contributed by atoms with Gasteiger partial charge in [-0.3, -0.25) is 4.68 Å². The monoisotopic (exact) mass is 363 g/mol. The van der Waals surface area contributed by atoms with Crippen molar-refractivity contribution in [3.63, 3.8) is 0 Å². The lowest BCUT2D eigenvalue weighted by Crippen LogP contribution is -2.46. The number of aromatic nitrogens is 2. The van der Waals surface area contributed by atoms with E-state index < -0.39 is 23.9 Å². The van der Waals surface area contributed by atoms with Crippen LogP contribution in [-0.4, -0.2) is 51.2 Å². The number of carbonyl (C=O) groups excluding carboxylic acids is 1. The van der Waals surface area contributed by atoms with Gasteiger partial charge in [0.1, 0.15) is 5.60 Å². The van der Waals surface area contributed by atoms with Gasteiger partial charge in [0, 0.05) is 18.2 Å². The molecule has 1 aromatic heterocycles. The lowest BCUT2D eigenvalue weighted by Gasteiger charge is -2.34. The van der Waals surface area contributed by atoms with Gasteiger partial charge in [-0.1, -0.05) is 0 Å². The van der Waals surface area contributed by atoms with Crippen molar-refractivity contribution in [1.82, 2.24) is 14.7 Å². The van der Waals surface area contributed by atoms with Crippen molar-refractivity contribution in [2.75, 3.05) is 6.54 Å². The van der Waals surface area contributed by atoms with E-state index in [1.807, 2.05) is 60.1 Å². The average Bonchev–Trinajstić information content (AvgIpc) is 2.96. The molecule has 0 spiro atoms. The number of amides is 1. The highest BCUT2D eigenvalue weighted by molar-refractivity contribution is 6.62. The van der Waals surface area contributed by atoms with E-state index in [1.165, 1.54) is 0 Å². The van der Waals surface area contributed by atoms with E-state index in [0.29, 0.717) is 13.1 Å². The van der Waals surface area contributed by atoms with Crippen LogP contribution in [0.25, 0.3) is 0 Å². The molecule has 7 nitrogen and oxygen atoms in total. The van der Waals surface area contributed by atoms with Crippen molar-refractivity contribution in [2.45, 2.75) is 84.8 Å². The fourth-order valence-electron chi connectivity index (χ4n) is 3.22. The SMILES string of the molecule is CC1CN(C(=O)OC(C)(C)C)Cc2c(B3OC(C)(C)C(C)(C)O3)cnn21. The number of ether oxygens (including phenoxy) is 1. The second-order valence-corrected chi connectivity index (χ2v) is 9.29. The van der Waals surface area contributed by atoms with Crippen LogP contribution < -0.4 is 5.46 Å². The molecule has 0 radical (unpaired) electrons. The molecule has 0 aromatic carbocycles. The molecule has 144 valence electrons. The predicted molar refractivity (Wildman–Crippen MR) is 99.3 cm³/mol. The Morgan fingerprint density at radius 2 is 1.85 bits per heavy atom. The van der Waals surface area contributed by atoms with Gasteiger partial charge in [-0.05, 0) is 55.4 Å². The zero-order valence-corrected chi connectivity index (χ0v) is 17.1. The number of rotatable bonds is 1. The minimum atomic E-state index is -0.521. The van der Waals surface area contributed by atoms with E-state index in [2.05, 4.69) is 5.10 Å². The fourth-order valence-corrected chi connectivity index (χ4v) is 3.22. The van der Waals surface area contributed by atoms with E-state index in [4.69, 9.17) is 14.0 Å². The molecule has 0 aliphatic carbocycles. The Labute approximate surface area is 156 Å². The molecule has 0 saturated carbocycles. The summed E-state index contributed by atoms with van der Waals surface area (Å²) in [4.78, 5) is 14.3. The molecule has 3 heterocycles. The predicted octanol–water partition coefficient (Wildman–Crippen LogP) is 2.49. The summed E-state index contributed by atoms with van der Waals surface area (Å²) >= 11 is 0. The van der Waals surface area contributed by atoms with Gasteiger partial charge >= 0.3 is 13.2 Å². The van der Waals surface area contributed by atoms with Crippen molar-refractivity contribution >= 4 is 18.7 Å². The van der Waals surface area contributed by atoms with Crippen LogP contribution in [0.5, 0.6) is 0 Å². The first-order chi connectivity index (χ1) is 11.8. The maximum absolute atomic E-state index is 12.5. The Balaban J connectivity index is 1.86. The second kappa shape index (κ2) is 5.99. The van der Waals surface area contributed by atoms with Crippen LogP contribution in [0.4, 0.5) is 4.79 Å². The molecular formula is C18H30BN3O4. The lowest BCUT2D eigenvalue weighted by molar-refractivity contribution is 0.00578. The molecule has 2 aliphatic heterocycles. The Kier molecular flexibility index (Phi) is 4.43. The van der Waals surface area contributed by atoms with Gasteiger partial charge in [-0.15, -0.1) is 0 Å². The van der Waals surface area contributed by atoms with E-state index in [9.17, 15) is 4.79 Å². The third-order valence-electron chi connectivity index (χ3n) is 5.33. The standard InChI is InChI=1S/C18H30BN3O4/c1-12-10-21(15(23)24-16(2,3)4)11-14-13(9-20-22(12)14)19-25-17(5,6)18(7,8)26-19/h9,12H,10-11H2,1-8H3. The summed E-state index contributed by atoms with van der Waals surface area (Å²) in [7, 11) is -0.491. The maximum Gasteiger partial charge on any atom is 0.498 e. The molecule has 2 aliphatic rings. The summed E-state index contributed by atoms with van der Waals surface area (Å²) in [6.45, 7) is 16.8. The van der Waals surface area contributed by atoms with Crippen LogP contribution in [0.15, 0.2) is 6.20 Å². The minimum Gasteiger partial charge on any atom is -0.444 e. The first kappa shape index (κ1) is 19.2. The van der Waals surface area contributed by atoms with Crippen LogP contribution in [0.2, 0.25) is 0 Å². The van der Waals surface area contributed by atoms with Gasteiger partial charge in [-0.2, -0.15) is 5.10 Å². The Hall–Kier alpha value is -1.54. The molecule has 1 fully saturated rings. The minimum absolute atomic E-state index is 0.0578. The van der Waals surface area contributed by atoms with Crippen LogP contribution in [-0.2, 0) is 20.6 Å². The zero-order valence-electron chi connectivity index (χ0n) is 17.1. The number of hydrogen-bond acceptors (Lipinski definition) is 5. The molecule has 26 heavy (non-hydrogen) atoms. The van der Waals surface area contributed by atoms with Crippen molar-refractivity contribution in [3.05, 3.63) is 11.9 Å². The molecule has 1 unspecified atom stereocenters. The van der Waals surface area contributed by atoms with Crippen LogP contribution in [0.3, 0.4) is 0 Å². The first-order valence-electron chi connectivity index (χ1n) is 9.20. The van der Waals surface area contributed by atoms with E-state index >= 15 is 0 Å². The van der Waals surface area contributed by atoms with Gasteiger partial charge in [0.25, 0.3) is 0 Å². The summed E-state index contributed by atoms with van der Waals surface area (Å²) in [5.74, 6) is 0. The van der Waals surface area contributed by atoms with Gasteiger partial charge in [0.2, 0.25) is 0 Å². The Bertz CT molecular complexity index is 692. The number of hydrogen-bond donors (Lipinski definition) is 0. The van der Waals surface area contributed by atoms with Crippen molar-refractivity contribution in [1.29, 1.82) is 0 Å². The highest BCUT2D eigenvalue weighted by atomic mass is 16.7. The molecule has 1 aromatic rings. The second-order valence-electron chi connectivity index (χ2n) is 9.29. The lowest BCUT2D eigenvalue weighted by atomic mass is 9.79. The first-order valence-corrected chi connectivity index (χ1v) is 9.20. The fraction of sp³-hybridized carbons (Fsp3) is 0.778. The molecule has 1 saturated heterocycles. The largest absolute Gasteiger partial charge is 0.498 e. The Morgan fingerprint density at radius 1 is 1.27 bits per heavy atom. The number of fused-ring (bicyclic) bond motifs is 1. The highest BCUT2D eigenvalue weighted by Gasteiger charge is 2.53. The summed E-state index contributed by atoms with van der Waals surface area (Å²) in [5.41, 5.74) is 0.457. The van der Waals surface area contributed by atoms with Crippen LogP contribution in [0, 0.1) is 0 Å². The Morgan fingerprint density at radius 3 is 2.38 bits per heavy atom. The topological polar surface area (TPSA) is 65.8 Å². The van der Waals surface area contributed by atoms with Crippen molar-refractivity contribution in [2.24, 2.45) is 0 Å². The summed E-state index contributed by atoms with van der Waals surface area (Å²) in [6.07, 6.45) is 1.49. The molecule has 1 amide bonds. The molecule has 0 bridgehead atoms. The summed E-state index contributed by atoms with van der Waals surface area (Å²) < 4.78 is 19.9. The molecule has 1 atom stereocenters. The van der Waals surface area contributed by atoms with E-state index in [0.717, 1.165) is 11.2 Å². The van der Waals surface area contributed by atoms with Crippen LogP contribution >= 0.6 is 0 Å². The summed E-state index contributed by atoms with van der Waals surface area (Å²) in [6, 6.07) is 0.0578. The maximum atomic E-state index is 12.5. The van der Waals surface area contributed by atoms with Gasteiger partial charge in [0.15, 0.2) is 0 Å². The number of nitrogens with zero attached hydrogens (tertiary/aromatic N) is 3. The van der Waals surface area contributed by atoms with Crippen molar-refractivity contribution < 1.29 is 18.8 Å². The number of carbonyl (C=O) groups is 1. The molecule has 3 rings (SSSR count). The third-order valence-corrected chi connectivity index (χ3v) is 5.33. The van der Waals surface area contributed by atoms with Gasteiger partial charge < -0.3 is 18.9 Å². The smallest absolute Gasteiger partial charge is 0.444 e. The normalized spacial score (nSPS) is 24.5. The van der Waals surface area contributed by atoms with E-state index in [-0.39, 0.29) is 12.1 Å². The van der Waals surface area contributed by atoms with Crippen LogP contribution in [0.1, 0.15) is 67.1 Å². The van der Waals surface area contributed by atoms with E-state index in [1.54, 1.807) is 11.1 Å². The average molecular weight is 363 g/mol.